The molecule has 5 heteroatoms. The topological polar surface area (TPSA) is 64.3 Å². The highest BCUT2D eigenvalue weighted by Crippen LogP contribution is 2.39. The highest BCUT2D eigenvalue weighted by atomic mass is 16.5. The summed E-state index contributed by atoms with van der Waals surface area (Å²) < 4.78 is 5.53. The van der Waals surface area contributed by atoms with Crippen LogP contribution in [0.2, 0.25) is 0 Å². The zero-order valence-corrected chi connectivity index (χ0v) is 10.8. The Morgan fingerprint density at radius 1 is 1.44 bits per heavy atom. The van der Waals surface area contributed by atoms with Crippen LogP contribution in [0.15, 0.2) is 6.07 Å². The van der Waals surface area contributed by atoms with E-state index < -0.39 is 0 Å². The molecule has 98 valence electrons. The van der Waals surface area contributed by atoms with Crippen LogP contribution in [0.1, 0.15) is 37.9 Å². The first-order valence-corrected chi connectivity index (χ1v) is 6.76. The van der Waals surface area contributed by atoms with E-state index in [2.05, 4.69) is 16.8 Å². The number of ether oxygens (including phenoxy) is 1. The molecule has 1 atom stereocenters. The van der Waals surface area contributed by atoms with Gasteiger partial charge in [-0.05, 0) is 19.3 Å². The molecule has 1 saturated carbocycles. The number of nitrogen functional groups attached to an aromatic ring is 1. The lowest BCUT2D eigenvalue weighted by Crippen LogP contribution is -2.45. The Hall–Kier alpha value is -1.36. The molecule has 0 spiro atoms. The van der Waals surface area contributed by atoms with E-state index in [1.54, 1.807) is 0 Å². The van der Waals surface area contributed by atoms with Gasteiger partial charge in [-0.1, -0.05) is 6.92 Å². The highest BCUT2D eigenvalue weighted by molar-refractivity contribution is 5.48. The molecule has 2 heterocycles. The van der Waals surface area contributed by atoms with Gasteiger partial charge in [0.2, 0.25) is 0 Å². The van der Waals surface area contributed by atoms with E-state index in [1.807, 2.05) is 6.07 Å². The molecule has 0 amide bonds. The van der Waals surface area contributed by atoms with Crippen molar-refractivity contribution in [1.82, 2.24) is 9.97 Å². The third-order valence-electron chi connectivity index (χ3n) is 3.69. The minimum absolute atomic E-state index is 0.403. The van der Waals surface area contributed by atoms with E-state index in [0.717, 1.165) is 37.8 Å². The SMILES string of the molecule is CCC1COCCN1c1cc(N)nc(C2CC2)n1. The fourth-order valence-electron chi connectivity index (χ4n) is 2.44. The minimum atomic E-state index is 0.403. The van der Waals surface area contributed by atoms with E-state index in [-0.39, 0.29) is 0 Å². The molecule has 1 aromatic rings. The Balaban J connectivity index is 1.89. The summed E-state index contributed by atoms with van der Waals surface area (Å²) in [5.41, 5.74) is 5.91. The molecule has 0 radical (unpaired) electrons. The van der Waals surface area contributed by atoms with Crippen LogP contribution in [0, 0.1) is 0 Å². The second-order valence-electron chi connectivity index (χ2n) is 5.11. The number of nitrogens with zero attached hydrogens (tertiary/aromatic N) is 3. The number of aromatic nitrogens is 2. The van der Waals surface area contributed by atoms with Crippen LogP contribution >= 0.6 is 0 Å². The van der Waals surface area contributed by atoms with Gasteiger partial charge in [0.15, 0.2) is 0 Å². The quantitative estimate of drug-likeness (QED) is 0.879. The van der Waals surface area contributed by atoms with Crippen LogP contribution in [0.4, 0.5) is 11.6 Å². The number of hydrogen-bond donors (Lipinski definition) is 1. The molecular weight excluding hydrogens is 228 g/mol. The van der Waals surface area contributed by atoms with Crippen LogP contribution in [0.5, 0.6) is 0 Å². The smallest absolute Gasteiger partial charge is 0.136 e. The standard InChI is InChI=1S/C13H20N4O/c1-2-10-8-18-6-5-17(10)12-7-11(14)15-13(16-12)9-3-4-9/h7,9-10H,2-6,8H2,1H3,(H2,14,15,16). The molecule has 1 aliphatic carbocycles. The van der Waals surface area contributed by atoms with Crippen molar-refractivity contribution >= 4 is 11.6 Å². The predicted octanol–water partition coefficient (Wildman–Crippen LogP) is 1.55. The third-order valence-corrected chi connectivity index (χ3v) is 3.69. The van der Waals surface area contributed by atoms with Gasteiger partial charge >= 0.3 is 0 Å². The van der Waals surface area contributed by atoms with E-state index >= 15 is 0 Å². The van der Waals surface area contributed by atoms with Gasteiger partial charge in [0, 0.05) is 18.5 Å². The van der Waals surface area contributed by atoms with Crippen molar-refractivity contribution in [3.8, 4) is 0 Å². The summed E-state index contributed by atoms with van der Waals surface area (Å²) in [6.45, 7) is 4.61. The van der Waals surface area contributed by atoms with Gasteiger partial charge in [0.05, 0.1) is 19.3 Å². The van der Waals surface area contributed by atoms with Crippen molar-refractivity contribution in [2.75, 3.05) is 30.4 Å². The van der Waals surface area contributed by atoms with E-state index in [0.29, 0.717) is 17.8 Å². The van der Waals surface area contributed by atoms with Crippen molar-refractivity contribution < 1.29 is 4.74 Å². The average Bonchev–Trinajstić information content (AvgIpc) is 3.22. The molecular formula is C13H20N4O. The zero-order valence-electron chi connectivity index (χ0n) is 10.8. The Kier molecular flexibility index (Phi) is 3.07. The van der Waals surface area contributed by atoms with Gasteiger partial charge in [-0.25, -0.2) is 9.97 Å². The monoisotopic (exact) mass is 248 g/mol. The zero-order chi connectivity index (χ0) is 12.5. The largest absolute Gasteiger partial charge is 0.384 e. The molecule has 1 aliphatic heterocycles. The predicted molar refractivity (Wildman–Crippen MR) is 70.7 cm³/mol. The molecule has 2 aliphatic rings. The van der Waals surface area contributed by atoms with Crippen LogP contribution in [-0.4, -0.2) is 35.8 Å². The van der Waals surface area contributed by atoms with Crippen LogP contribution in [-0.2, 0) is 4.74 Å². The first kappa shape index (κ1) is 11.7. The molecule has 1 saturated heterocycles. The number of morpholine rings is 1. The Morgan fingerprint density at radius 3 is 3.00 bits per heavy atom. The summed E-state index contributed by atoms with van der Waals surface area (Å²) in [7, 11) is 0. The van der Waals surface area contributed by atoms with Crippen molar-refractivity contribution in [3.63, 3.8) is 0 Å². The number of hydrogen-bond acceptors (Lipinski definition) is 5. The summed E-state index contributed by atoms with van der Waals surface area (Å²) in [6.07, 6.45) is 3.45. The molecule has 1 unspecified atom stereocenters. The molecule has 3 rings (SSSR count). The van der Waals surface area contributed by atoms with Crippen LogP contribution in [0.25, 0.3) is 0 Å². The molecule has 2 fully saturated rings. The van der Waals surface area contributed by atoms with E-state index in [1.165, 1.54) is 12.8 Å². The van der Waals surface area contributed by atoms with Crippen LogP contribution in [0.3, 0.4) is 0 Å². The Labute approximate surface area is 107 Å². The lowest BCUT2D eigenvalue weighted by atomic mass is 10.2. The maximum absolute atomic E-state index is 5.91. The van der Waals surface area contributed by atoms with Gasteiger partial charge < -0.3 is 15.4 Å². The molecule has 0 aromatic carbocycles. The second kappa shape index (κ2) is 4.72. The van der Waals surface area contributed by atoms with Gasteiger partial charge in [-0.15, -0.1) is 0 Å². The fraction of sp³-hybridized carbons (Fsp3) is 0.692. The fourth-order valence-corrected chi connectivity index (χ4v) is 2.44. The van der Waals surface area contributed by atoms with Crippen molar-refractivity contribution in [2.45, 2.75) is 38.1 Å². The number of nitrogens with two attached hydrogens (primary N) is 1. The minimum Gasteiger partial charge on any atom is -0.384 e. The summed E-state index contributed by atoms with van der Waals surface area (Å²) in [4.78, 5) is 11.4. The van der Waals surface area contributed by atoms with Gasteiger partial charge in [0.1, 0.15) is 17.5 Å². The number of anilines is 2. The first-order valence-electron chi connectivity index (χ1n) is 6.76. The third kappa shape index (κ3) is 2.27. The average molecular weight is 248 g/mol. The highest BCUT2D eigenvalue weighted by Gasteiger charge is 2.29. The summed E-state index contributed by atoms with van der Waals surface area (Å²) in [5, 5.41) is 0. The maximum Gasteiger partial charge on any atom is 0.136 e. The summed E-state index contributed by atoms with van der Waals surface area (Å²) >= 11 is 0. The first-order chi connectivity index (χ1) is 8.78. The normalized spacial score (nSPS) is 24.3. The summed E-state index contributed by atoms with van der Waals surface area (Å²) in [6, 6.07) is 2.29. The van der Waals surface area contributed by atoms with Crippen molar-refractivity contribution in [2.24, 2.45) is 0 Å². The van der Waals surface area contributed by atoms with E-state index in [9.17, 15) is 0 Å². The van der Waals surface area contributed by atoms with Gasteiger partial charge in [0.25, 0.3) is 0 Å². The van der Waals surface area contributed by atoms with Gasteiger partial charge in [-0.2, -0.15) is 0 Å². The van der Waals surface area contributed by atoms with Crippen molar-refractivity contribution in [1.29, 1.82) is 0 Å². The van der Waals surface area contributed by atoms with Crippen molar-refractivity contribution in [3.05, 3.63) is 11.9 Å². The molecule has 2 N–H and O–H groups in total. The Bertz CT molecular complexity index is 433. The molecule has 1 aromatic heterocycles. The second-order valence-corrected chi connectivity index (χ2v) is 5.11. The van der Waals surface area contributed by atoms with Crippen LogP contribution < -0.4 is 10.6 Å². The lowest BCUT2D eigenvalue weighted by molar-refractivity contribution is 0.0925. The van der Waals surface area contributed by atoms with E-state index in [4.69, 9.17) is 15.5 Å². The summed E-state index contributed by atoms with van der Waals surface area (Å²) in [5.74, 6) is 3.02. The maximum atomic E-state index is 5.91. The van der Waals surface area contributed by atoms with Gasteiger partial charge in [-0.3, -0.25) is 0 Å². The molecule has 0 bridgehead atoms. The molecule has 18 heavy (non-hydrogen) atoms. The Morgan fingerprint density at radius 2 is 2.28 bits per heavy atom. The number of rotatable bonds is 3. The molecule has 5 nitrogen and oxygen atoms in total. The lowest BCUT2D eigenvalue weighted by Gasteiger charge is -2.36.